The van der Waals surface area contributed by atoms with Crippen LogP contribution in [0.2, 0.25) is 0 Å². The molecule has 106 valence electrons. The van der Waals surface area contributed by atoms with Gasteiger partial charge in [-0.1, -0.05) is 28.8 Å². The Balaban J connectivity index is 2.24. The van der Waals surface area contributed by atoms with E-state index < -0.39 is 0 Å². The van der Waals surface area contributed by atoms with Crippen LogP contribution in [0.15, 0.2) is 0 Å². The standard InChI is InChI=1S/C12H19BrN4O2/c1-17(9-7-5-4-6-8(9)13)10-14-11(18-2)16-12(15-10)19-3/h8-9H,4-7H2,1-3H3. The van der Waals surface area contributed by atoms with Crippen LogP contribution in [0.5, 0.6) is 12.0 Å². The van der Waals surface area contributed by atoms with Crippen LogP contribution in [-0.2, 0) is 0 Å². The summed E-state index contributed by atoms with van der Waals surface area (Å²) in [5.74, 6) is 0.583. The van der Waals surface area contributed by atoms with Crippen molar-refractivity contribution in [2.75, 3.05) is 26.2 Å². The van der Waals surface area contributed by atoms with Crippen molar-refractivity contribution >= 4 is 21.9 Å². The van der Waals surface area contributed by atoms with E-state index >= 15 is 0 Å². The van der Waals surface area contributed by atoms with Gasteiger partial charge in [-0.05, 0) is 12.8 Å². The zero-order valence-corrected chi connectivity index (χ0v) is 13.1. The summed E-state index contributed by atoms with van der Waals surface area (Å²) in [6, 6.07) is 0.928. The lowest BCUT2D eigenvalue weighted by Gasteiger charge is -2.35. The molecule has 2 unspecified atom stereocenters. The summed E-state index contributed by atoms with van der Waals surface area (Å²) in [6.45, 7) is 0. The second-order valence-corrected chi connectivity index (χ2v) is 5.76. The summed E-state index contributed by atoms with van der Waals surface area (Å²) in [5, 5.41) is 0. The zero-order chi connectivity index (χ0) is 13.8. The fraction of sp³-hybridized carbons (Fsp3) is 0.750. The van der Waals surface area contributed by atoms with Crippen LogP contribution in [0.4, 0.5) is 5.95 Å². The van der Waals surface area contributed by atoms with Crippen molar-refractivity contribution in [1.29, 1.82) is 0 Å². The van der Waals surface area contributed by atoms with Gasteiger partial charge < -0.3 is 14.4 Å². The van der Waals surface area contributed by atoms with Gasteiger partial charge in [-0.15, -0.1) is 4.98 Å². The van der Waals surface area contributed by atoms with Crippen molar-refractivity contribution in [3.05, 3.63) is 0 Å². The van der Waals surface area contributed by atoms with Crippen LogP contribution in [0, 0.1) is 0 Å². The van der Waals surface area contributed by atoms with Crippen molar-refractivity contribution in [1.82, 2.24) is 15.0 Å². The molecule has 1 aliphatic carbocycles. The van der Waals surface area contributed by atoms with Crippen molar-refractivity contribution in [2.45, 2.75) is 36.6 Å². The number of halogens is 1. The van der Waals surface area contributed by atoms with Crippen LogP contribution in [0.3, 0.4) is 0 Å². The molecule has 1 fully saturated rings. The predicted octanol–water partition coefficient (Wildman–Crippen LogP) is 2.03. The van der Waals surface area contributed by atoms with E-state index in [0.29, 0.717) is 16.8 Å². The van der Waals surface area contributed by atoms with Gasteiger partial charge in [0.25, 0.3) is 0 Å². The van der Waals surface area contributed by atoms with E-state index in [4.69, 9.17) is 9.47 Å². The van der Waals surface area contributed by atoms with Crippen molar-refractivity contribution in [2.24, 2.45) is 0 Å². The number of hydrogen-bond donors (Lipinski definition) is 0. The van der Waals surface area contributed by atoms with E-state index in [2.05, 4.69) is 35.8 Å². The molecule has 19 heavy (non-hydrogen) atoms. The van der Waals surface area contributed by atoms with Gasteiger partial charge >= 0.3 is 12.0 Å². The molecule has 1 saturated carbocycles. The molecular formula is C12H19BrN4O2. The zero-order valence-electron chi connectivity index (χ0n) is 11.5. The van der Waals surface area contributed by atoms with Gasteiger partial charge in [-0.25, -0.2) is 0 Å². The Kier molecular flexibility index (Phi) is 4.79. The van der Waals surface area contributed by atoms with E-state index in [1.54, 1.807) is 0 Å². The van der Waals surface area contributed by atoms with Crippen LogP contribution in [0.25, 0.3) is 0 Å². The summed E-state index contributed by atoms with van der Waals surface area (Å²) in [7, 11) is 5.07. The lowest BCUT2D eigenvalue weighted by molar-refractivity contribution is 0.338. The number of methoxy groups -OCH3 is 2. The number of anilines is 1. The number of aromatic nitrogens is 3. The van der Waals surface area contributed by atoms with Gasteiger partial charge in [-0.3, -0.25) is 0 Å². The van der Waals surface area contributed by atoms with Crippen molar-refractivity contribution in [3.8, 4) is 12.0 Å². The maximum atomic E-state index is 5.08. The molecule has 0 aliphatic heterocycles. The van der Waals surface area contributed by atoms with Gasteiger partial charge in [0.1, 0.15) is 0 Å². The minimum Gasteiger partial charge on any atom is -0.467 e. The molecule has 1 aromatic heterocycles. The smallest absolute Gasteiger partial charge is 0.324 e. The van der Waals surface area contributed by atoms with Gasteiger partial charge in [0, 0.05) is 17.9 Å². The molecule has 2 atom stereocenters. The Labute approximate surface area is 121 Å². The first kappa shape index (κ1) is 14.3. The Bertz CT molecular complexity index is 410. The minimum atomic E-state index is 0.274. The molecule has 0 bridgehead atoms. The molecule has 2 rings (SSSR count). The Morgan fingerprint density at radius 1 is 1.05 bits per heavy atom. The van der Waals surface area contributed by atoms with Crippen molar-refractivity contribution < 1.29 is 9.47 Å². The third kappa shape index (κ3) is 3.26. The summed E-state index contributed by atoms with van der Waals surface area (Å²) in [5.41, 5.74) is 0. The summed E-state index contributed by atoms with van der Waals surface area (Å²) in [4.78, 5) is 15.1. The Hall–Kier alpha value is -1.11. The first-order chi connectivity index (χ1) is 9.15. The van der Waals surface area contributed by atoms with Crippen molar-refractivity contribution in [3.63, 3.8) is 0 Å². The quantitative estimate of drug-likeness (QED) is 0.787. The van der Waals surface area contributed by atoms with Gasteiger partial charge in [0.05, 0.1) is 14.2 Å². The monoisotopic (exact) mass is 330 g/mol. The highest BCUT2D eigenvalue weighted by Crippen LogP contribution is 2.30. The molecule has 1 aliphatic rings. The first-order valence-corrected chi connectivity index (χ1v) is 7.28. The van der Waals surface area contributed by atoms with Crippen LogP contribution in [-0.4, -0.2) is 47.1 Å². The largest absolute Gasteiger partial charge is 0.467 e. The molecule has 1 aromatic rings. The van der Waals surface area contributed by atoms with E-state index in [9.17, 15) is 0 Å². The van der Waals surface area contributed by atoms with E-state index in [-0.39, 0.29) is 12.0 Å². The third-order valence-corrected chi connectivity index (χ3v) is 4.48. The van der Waals surface area contributed by atoms with Gasteiger partial charge in [0.15, 0.2) is 0 Å². The second-order valence-electron chi connectivity index (χ2n) is 4.59. The van der Waals surface area contributed by atoms with Gasteiger partial charge in [0.2, 0.25) is 5.95 Å². The number of alkyl halides is 1. The SMILES string of the molecule is COc1nc(OC)nc(N(C)C2CCCCC2Br)n1. The molecule has 6 nitrogen and oxygen atoms in total. The topological polar surface area (TPSA) is 60.4 Å². The molecule has 0 N–H and O–H groups in total. The van der Waals surface area contributed by atoms with Gasteiger partial charge in [-0.2, -0.15) is 9.97 Å². The molecule has 0 saturated heterocycles. The summed E-state index contributed by atoms with van der Waals surface area (Å²) >= 11 is 3.75. The number of ether oxygens (including phenoxy) is 2. The first-order valence-electron chi connectivity index (χ1n) is 6.36. The number of rotatable bonds is 4. The third-order valence-electron chi connectivity index (χ3n) is 3.41. The highest BCUT2D eigenvalue weighted by atomic mass is 79.9. The summed E-state index contributed by atoms with van der Waals surface area (Å²) in [6.07, 6.45) is 4.80. The Morgan fingerprint density at radius 2 is 1.63 bits per heavy atom. The molecule has 0 amide bonds. The maximum Gasteiger partial charge on any atom is 0.324 e. The highest BCUT2D eigenvalue weighted by Gasteiger charge is 2.28. The second kappa shape index (κ2) is 6.36. The summed E-state index contributed by atoms with van der Waals surface area (Å²) < 4.78 is 10.2. The van der Waals surface area contributed by atoms with Crippen LogP contribution in [0.1, 0.15) is 25.7 Å². The molecular weight excluding hydrogens is 312 g/mol. The molecule has 1 heterocycles. The normalized spacial score (nSPS) is 22.9. The molecule has 0 radical (unpaired) electrons. The Morgan fingerprint density at radius 3 is 2.16 bits per heavy atom. The van der Waals surface area contributed by atoms with E-state index in [1.165, 1.54) is 33.5 Å². The maximum absolute atomic E-state index is 5.08. The lowest BCUT2D eigenvalue weighted by Crippen LogP contribution is -2.41. The highest BCUT2D eigenvalue weighted by molar-refractivity contribution is 9.09. The van der Waals surface area contributed by atoms with Crippen LogP contribution >= 0.6 is 15.9 Å². The predicted molar refractivity (Wildman–Crippen MR) is 76.3 cm³/mol. The lowest BCUT2D eigenvalue weighted by atomic mass is 9.94. The minimum absolute atomic E-state index is 0.274. The number of hydrogen-bond acceptors (Lipinski definition) is 6. The fourth-order valence-electron chi connectivity index (χ4n) is 2.32. The van der Waals surface area contributed by atoms with E-state index in [0.717, 1.165) is 6.42 Å². The molecule has 7 heteroatoms. The fourth-order valence-corrected chi connectivity index (χ4v) is 3.26. The average Bonchev–Trinajstić information content (AvgIpc) is 2.46. The number of nitrogens with zero attached hydrogens (tertiary/aromatic N) is 4. The molecule has 0 spiro atoms. The van der Waals surface area contributed by atoms with E-state index in [1.807, 2.05) is 7.05 Å². The molecule has 0 aromatic carbocycles. The average molecular weight is 331 g/mol. The van der Waals surface area contributed by atoms with Crippen LogP contribution < -0.4 is 14.4 Å².